The molecule has 56 heavy (non-hydrogen) atoms. The summed E-state index contributed by atoms with van der Waals surface area (Å²) in [7, 11) is -8.79. The zero-order chi connectivity index (χ0) is 41.8. The monoisotopic (exact) mass is 933 g/mol. The number of methoxy groups -OCH3 is 1. The maximum atomic E-state index is 12.8. The molecule has 1 saturated heterocycles. The van der Waals surface area contributed by atoms with Gasteiger partial charge in [-0.15, -0.1) is 0 Å². The number of unbranched alkanes of at least 4 members (excludes halogenated alkanes) is 2. The molecule has 2 heterocycles. The summed E-state index contributed by atoms with van der Waals surface area (Å²) in [5, 5.41) is 5.37. The molecule has 21 nitrogen and oxygen atoms in total. The predicted octanol–water partition coefficient (Wildman–Crippen LogP) is 4.19. The molecule has 8 N–H and O–H groups in total. The van der Waals surface area contributed by atoms with Crippen LogP contribution in [-0.2, 0) is 45.8 Å². The van der Waals surface area contributed by atoms with Gasteiger partial charge in [-0.1, -0.05) is 61.9 Å². The molecule has 1 aliphatic heterocycles. The number of aromatic nitrogens is 2. The van der Waals surface area contributed by atoms with Gasteiger partial charge in [-0.2, -0.15) is 13.6 Å². The van der Waals surface area contributed by atoms with Crippen LogP contribution in [-0.4, -0.2) is 110 Å². The molecule has 2 rings (SSSR count). The molecule has 322 valence electrons. The van der Waals surface area contributed by atoms with E-state index in [1.54, 1.807) is 28.7 Å². The van der Waals surface area contributed by atoms with Crippen molar-refractivity contribution >= 4 is 78.5 Å². The Morgan fingerprint density at radius 2 is 1.82 bits per heavy atom. The van der Waals surface area contributed by atoms with Crippen LogP contribution in [0.15, 0.2) is 11.0 Å². The van der Waals surface area contributed by atoms with Gasteiger partial charge in [-0.25, -0.2) is 23.3 Å². The van der Waals surface area contributed by atoms with Gasteiger partial charge in [-0.3, -0.25) is 9.09 Å². The van der Waals surface area contributed by atoms with Crippen molar-refractivity contribution in [2.24, 2.45) is 0 Å². The van der Waals surface area contributed by atoms with Crippen LogP contribution in [0.1, 0.15) is 64.7 Å². The summed E-state index contributed by atoms with van der Waals surface area (Å²) >= 11 is 0. The van der Waals surface area contributed by atoms with Crippen molar-refractivity contribution in [3.05, 3.63) is 22.2 Å². The van der Waals surface area contributed by atoms with Gasteiger partial charge in [0.2, 0.25) is 0 Å². The first-order valence-corrected chi connectivity index (χ1v) is 26.2. The third-order valence-corrected chi connectivity index (χ3v) is 15.9. The van der Waals surface area contributed by atoms with Crippen LogP contribution < -0.4 is 22.1 Å². The van der Waals surface area contributed by atoms with E-state index in [9.17, 15) is 33.1 Å². The molecule has 28 heteroatoms. The zero-order valence-corrected chi connectivity index (χ0v) is 37.1. The number of phosphoric acid groups is 3. The Labute approximate surface area is 341 Å². The second-order valence-corrected chi connectivity index (χ2v) is 22.1. The molecular weight excluding hydrogens is 884 g/mol. The van der Waals surface area contributed by atoms with E-state index >= 15 is 0 Å². The molecule has 0 saturated carbocycles. The van der Waals surface area contributed by atoms with Crippen molar-refractivity contribution in [3.8, 4) is 11.8 Å². The van der Waals surface area contributed by atoms with Crippen molar-refractivity contribution in [2.45, 2.75) is 76.1 Å². The number of carbonyl (C=O) groups is 1. The van der Waals surface area contributed by atoms with Gasteiger partial charge in [0.15, 0.2) is 0 Å². The van der Waals surface area contributed by atoms with Gasteiger partial charge in [0, 0.05) is 50.0 Å². The van der Waals surface area contributed by atoms with E-state index in [4.69, 9.17) is 39.0 Å². The fourth-order valence-electron chi connectivity index (χ4n) is 4.38. The molecule has 2 amide bonds. The van der Waals surface area contributed by atoms with Gasteiger partial charge >= 0.3 is 35.2 Å². The number of hydrogen-bond donors (Lipinski definition) is 7. The van der Waals surface area contributed by atoms with Crippen molar-refractivity contribution < 1.29 is 70.2 Å². The van der Waals surface area contributed by atoms with Crippen LogP contribution in [0.3, 0.4) is 0 Å². The Bertz CT molecular complexity index is 1650. The van der Waals surface area contributed by atoms with E-state index in [0.29, 0.717) is 19.1 Å². The molecule has 5 atom stereocenters. The number of amides is 2. The molecule has 2 unspecified atom stereocenters. The summed E-state index contributed by atoms with van der Waals surface area (Å²) in [6.45, 7) is 7.24. The molecule has 0 radical (unpaired) electrons. The van der Waals surface area contributed by atoms with Crippen molar-refractivity contribution in [1.82, 2.24) is 20.2 Å². The van der Waals surface area contributed by atoms with E-state index in [-0.39, 0.29) is 35.0 Å². The van der Waals surface area contributed by atoms with E-state index in [0.717, 1.165) is 42.6 Å². The Morgan fingerprint density at radius 1 is 1.07 bits per heavy atom. The Kier molecular flexibility index (Phi) is 23.6. The van der Waals surface area contributed by atoms with Gasteiger partial charge in [0.25, 0.3) is 0 Å². The summed E-state index contributed by atoms with van der Waals surface area (Å²) in [4.78, 5) is 65.7. The van der Waals surface area contributed by atoms with Gasteiger partial charge in [0.1, 0.15) is 30.0 Å². The number of carbonyl (C=O) groups excluding carboxylic acids is 1. The number of phosphoric ester groups is 1. The van der Waals surface area contributed by atoms with Crippen LogP contribution in [0.5, 0.6) is 0 Å². The molecular formula is C28H50N5O16P3S4. The summed E-state index contributed by atoms with van der Waals surface area (Å²) in [5.74, 6) is 6.82. The number of nitrogens with zero attached hydrogens (tertiary/aromatic N) is 2. The molecule has 1 aromatic heterocycles. The van der Waals surface area contributed by atoms with Crippen LogP contribution in [0.2, 0.25) is 0 Å². The van der Waals surface area contributed by atoms with Crippen LogP contribution >= 0.6 is 66.6 Å². The minimum Gasteiger partial charge on any atom is -0.385 e. The molecule has 0 aromatic carbocycles. The van der Waals surface area contributed by atoms with Crippen LogP contribution in [0.4, 0.5) is 10.6 Å². The lowest BCUT2D eigenvalue weighted by atomic mass is 10.1. The second kappa shape index (κ2) is 25.7. The summed E-state index contributed by atoms with van der Waals surface area (Å²) in [5.41, 5.74) is 5.24. The van der Waals surface area contributed by atoms with Crippen molar-refractivity contribution in [1.29, 1.82) is 0 Å². The van der Waals surface area contributed by atoms with Gasteiger partial charge in [-0.05, 0) is 39.5 Å². The van der Waals surface area contributed by atoms with E-state index in [1.165, 1.54) is 27.8 Å². The largest absolute Gasteiger partial charge is 0.490 e. The lowest BCUT2D eigenvalue weighted by molar-refractivity contribution is -0.0543. The number of anilines is 1. The van der Waals surface area contributed by atoms with Gasteiger partial charge in [0.05, 0.1) is 24.8 Å². The third kappa shape index (κ3) is 22.0. The first kappa shape index (κ1) is 51.3. The Morgan fingerprint density at radius 3 is 2.52 bits per heavy atom. The summed E-state index contributed by atoms with van der Waals surface area (Å²) < 4.78 is 70.9. The fraction of sp³-hybridized carbons (Fsp3) is 0.750. The number of urea groups is 1. The molecule has 0 aliphatic carbocycles. The molecule has 1 aromatic rings. The number of ether oxygens (including phenoxy) is 4. The highest BCUT2D eigenvalue weighted by Gasteiger charge is 2.43. The second-order valence-electron chi connectivity index (χ2n) is 12.0. The highest BCUT2D eigenvalue weighted by atomic mass is 33.1. The van der Waals surface area contributed by atoms with Crippen LogP contribution in [0.25, 0.3) is 0 Å². The highest BCUT2D eigenvalue weighted by Crippen LogP contribution is 2.66. The maximum absolute atomic E-state index is 12.8. The number of nitrogen functional groups attached to an aromatic ring is 1. The van der Waals surface area contributed by atoms with Crippen LogP contribution in [0, 0.1) is 11.8 Å². The fourth-order valence-corrected chi connectivity index (χ4v) is 11.0. The lowest BCUT2D eigenvalue weighted by Crippen LogP contribution is -2.36. The summed E-state index contributed by atoms with van der Waals surface area (Å²) in [6, 6.07) is -0.417. The topological polar surface area (TPSA) is 299 Å². The quantitative estimate of drug-likeness (QED) is 0.0214. The molecule has 0 spiro atoms. The van der Waals surface area contributed by atoms with E-state index < -0.39 is 60.2 Å². The molecule has 1 fully saturated rings. The normalized spacial score (nSPS) is 19.5. The lowest BCUT2D eigenvalue weighted by Gasteiger charge is -2.22. The number of nitrogens with two attached hydrogens (primary N) is 1. The van der Waals surface area contributed by atoms with Crippen molar-refractivity contribution in [2.75, 3.05) is 63.4 Å². The predicted molar refractivity (Wildman–Crippen MR) is 215 cm³/mol. The van der Waals surface area contributed by atoms with E-state index in [2.05, 4.69) is 49.9 Å². The van der Waals surface area contributed by atoms with E-state index in [1.807, 2.05) is 6.92 Å². The first-order valence-electron chi connectivity index (χ1n) is 16.8. The summed E-state index contributed by atoms with van der Waals surface area (Å²) in [6.07, 6.45) is 1.66. The maximum Gasteiger partial charge on any atom is 0.490 e. The SMILES string of the molecule is CCSSCO[C@@H]1C[C@H](n2cc(C#CCNC(=O)NCCCCCOCSSC(C)(C)CCOC)c(N)nc2=O)O[C@@H]1COP(=O)(O)OP(=O)(O)OP(=O)(O)O. The minimum atomic E-state index is -5.74. The zero-order valence-electron chi connectivity index (χ0n) is 31.1. The average Bonchev–Trinajstić information content (AvgIpc) is 3.49. The smallest absolute Gasteiger partial charge is 0.385 e. The Balaban J connectivity index is 1.88. The van der Waals surface area contributed by atoms with Gasteiger partial charge < -0.3 is 54.9 Å². The first-order chi connectivity index (χ1) is 26.3. The molecule has 1 aliphatic rings. The standard InChI is InChI=1S/C28H50N5O16P3S4/c1-5-53-54-20-45-22-16-24(47-23(22)18-46-51(39,40)49-52(41,42)48-50(36,37)38)33-17-21(25(29)32-27(33)35)10-9-13-31-26(34)30-12-7-6-8-14-44-19-55-56-28(2,3)11-15-43-4/h17,22-24H,5-8,11-16,18-20H2,1-4H3,(H,39,40)(H,41,42)(H2,29,32,35)(H2,30,31,34)(H2,36,37,38)/t22-,23-,24-/m1/s1. The Hall–Kier alpha value is -0.840. The highest BCUT2D eigenvalue weighted by molar-refractivity contribution is 8.77. The number of rotatable bonds is 27. The molecule has 0 bridgehead atoms. The number of nitrogens with one attached hydrogen (secondary N) is 2. The minimum absolute atomic E-state index is 0.00130. The van der Waals surface area contributed by atoms with Crippen molar-refractivity contribution in [3.63, 3.8) is 0 Å². The number of hydrogen-bond acceptors (Lipinski definition) is 18. The average molecular weight is 934 g/mol. The third-order valence-electron chi connectivity index (χ3n) is 6.96.